The van der Waals surface area contributed by atoms with Crippen LogP contribution in [0.3, 0.4) is 0 Å². The van der Waals surface area contributed by atoms with Gasteiger partial charge in [-0.05, 0) is 30.5 Å². The number of hydrogen-bond acceptors (Lipinski definition) is 4. The standard InChI is InChI=1S/C13H14ClFN2O4S/c14-9-1-2-10(11(15)6-9)13(19)17-16-12(18)5-8-3-4-22(20,21)7-8/h1-2,6,8H,3-5,7H2,(H,16,18)(H,17,19)/t8-/m0/s1. The molecule has 2 rings (SSSR count). The van der Waals surface area contributed by atoms with E-state index in [-0.39, 0.29) is 34.4 Å². The highest BCUT2D eigenvalue weighted by atomic mass is 35.5. The third-order valence-electron chi connectivity index (χ3n) is 3.29. The number of nitrogens with one attached hydrogen (secondary N) is 2. The summed E-state index contributed by atoms with van der Waals surface area (Å²) in [6.45, 7) is 0. The summed E-state index contributed by atoms with van der Waals surface area (Å²) in [5.41, 5.74) is 3.97. The number of carbonyl (C=O) groups is 2. The number of rotatable bonds is 3. The van der Waals surface area contributed by atoms with Gasteiger partial charge in [0, 0.05) is 11.4 Å². The second kappa shape index (κ2) is 6.62. The van der Waals surface area contributed by atoms with E-state index in [1.54, 1.807) is 0 Å². The molecule has 1 aliphatic rings. The summed E-state index contributed by atoms with van der Waals surface area (Å²) >= 11 is 5.58. The summed E-state index contributed by atoms with van der Waals surface area (Å²) in [6, 6.07) is 3.54. The van der Waals surface area contributed by atoms with Gasteiger partial charge in [0.05, 0.1) is 17.1 Å². The van der Waals surface area contributed by atoms with Gasteiger partial charge in [0.15, 0.2) is 9.84 Å². The molecule has 0 spiro atoms. The van der Waals surface area contributed by atoms with Crippen molar-refractivity contribution in [2.45, 2.75) is 12.8 Å². The van der Waals surface area contributed by atoms with Gasteiger partial charge in [-0.1, -0.05) is 11.6 Å². The Balaban J connectivity index is 1.84. The minimum Gasteiger partial charge on any atom is -0.273 e. The fourth-order valence-electron chi connectivity index (χ4n) is 2.21. The maximum absolute atomic E-state index is 13.5. The Labute approximate surface area is 131 Å². The van der Waals surface area contributed by atoms with E-state index in [4.69, 9.17) is 11.6 Å². The predicted molar refractivity (Wildman–Crippen MR) is 78.4 cm³/mol. The van der Waals surface area contributed by atoms with Crippen LogP contribution in [0.4, 0.5) is 4.39 Å². The average molecular weight is 349 g/mol. The average Bonchev–Trinajstić information content (AvgIpc) is 2.75. The molecule has 2 N–H and O–H groups in total. The highest BCUT2D eigenvalue weighted by Crippen LogP contribution is 2.21. The molecular weight excluding hydrogens is 335 g/mol. The molecule has 9 heteroatoms. The van der Waals surface area contributed by atoms with Crippen molar-refractivity contribution in [3.8, 4) is 0 Å². The Morgan fingerprint density at radius 2 is 2.05 bits per heavy atom. The molecule has 1 saturated heterocycles. The summed E-state index contributed by atoms with van der Waals surface area (Å²) < 4.78 is 36.1. The van der Waals surface area contributed by atoms with Crippen LogP contribution in [0.5, 0.6) is 0 Å². The molecule has 0 bridgehead atoms. The maximum Gasteiger partial charge on any atom is 0.272 e. The van der Waals surface area contributed by atoms with Crippen LogP contribution in [0.25, 0.3) is 0 Å². The van der Waals surface area contributed by atoms with E-state index in [0.717, 1.165) is 6.07 Å². The van der Waals surface area contributed by atoms with E-state index in [1.165, 1.54) is 12.1 Å². The highest BCUT2D eigenvalue weighted by Gasteiger charge is 2.29. The minimum absolute atomic E-state index is 0.0113. The van der Waals surface area contributed by atoms with E-state index >= 15 is 0 Å². The van der Waals surface area contributed by atoms with Crippen LogP contribution in [-0.4, -0.2) is 31.7 Å². The fourth-order valence-corrected chi connectivity index (χ4v) is 4.23. The third-order valence-corrected chi connectivity index (χ3v) is 5.36. The lowest BCUT2D eigenvalue weighted by molar-refractivity contribution is -0.122. The van der Waals surface area contributed by atoms with E-state index in [1.807, 2.05) is 0 Å². The number of hydrazine groups is 1. The van der Waals surface area contributed by atoms with E-state index < -0.39 is 27.5 Å². The quantitative estimate of drug-likeness (QED) is 0.799. The molecule has 0 aromatic heterocycles. The van der Waals surface area contributed by atoms with Crippen LogP contribution < -0.4 is 10.9 Å². The molecule has 0 aliphatic carbocycles. The number of carbonyl (C=O) groups excluding carboxylic acids is 2. The lowest BCUT2D eigenvalue weighted by Crippen LogP contribution is -2.42. The van der Waals surface area contributed by atoms with Crippen molar-refractivity contribution in [3.63, 3.8) is 0 Å². The van der Waals surface area contributed by atoms with Crippen LogP contribution in [0.15, 0.2) is 18.2 Å². The Morgan fingerprint density at radius 1 is 1.32 bits per heavy atom. The van der Waals surface area contributed by atoms with Gasteiger partial charge in [-0.3, -0.25) is 20.4 Å². The largest absolute Gasteiger partial charge is 0.273 e. The molecule has 120 valence electrons. The fraction of sp³-hybridized carbons (Fsp3) is 0.385. The monoisotopic (exact) mass is 348 g/mol. The first kappa shape index (κ1) is 16.7. The Kier molecular flexibility index (Phi) is 5.02. The minimum atomic E-state index is -3.05. The molecule has 1 atom stereocenters. The Hall–Kier alpha value is -1.67. The number of halogens is 2. The van der Waals surface area contributed by atoms with Crippen LogP contribution >= 0.6 is 11.6 Å². The summed E-state index contributed by atoms with van der Waals surface area (Å²) in [5, 5.41) is 0.153. The second-order valence-corrected chi connectivity index (χ2v) is 7.76. The van der Waals surface area contributed by atoms with Gasteiger partial charge in [-0.2, -0.15) is 0 Å². The van der Waals surface area contributed by atoms with Gasteiger partial charge >= 0.3 is 0 Å². The topological polar surface area (TPSA) is 92.3 Å². The first-order valence-corrected chi connectivity index (χ1v) is 8.71. The number of hydrogen-bond donors (Lipinski definition) is 2. The van der Waals surface area contributed by atoms with Gasteiger partial charge in [-0.25, -0.2) is 12.8 Å². The van der Waals surface area contributed by atoms with Crippen LogP contribution in [0.2, 0.25) is 5.02 Å². The summed E-state index contributed by atoms with van der Waals surface area (Å²) in [4.78, 5) is 23.4. The van der Waals surface area contributed by atoms with Gasteiger partial charge in [0.25, 0.3) is 5.91 Å². The Bertz CT molecular complexity index is 708. The zero-order valence-corrected chi connectivity index (χ0v) is 13.0. The molecule has 1 aromatic carbocycles. The summed E-state index contributed by atoms with van der Waals surface area (Å²) in [6.07, 6.45) is 0.415. The lowest BCUT2D eigenvalue weighted by atomic mass is 10.1. The summed E-state index contributed by atoms with van der Waals surface area (Å²) in [5.74, 6) is -2.35. The molecule has 1 aromatic rings. The molecule has 6 nitrogen and oxygen atoms in total. The van der Waals surface area contributed by atoms with Crippen molar-refractivity contribution in [2.24, 2.45) is 5.92 Å². The molecule has 2 amide bonds. The molecule has 1 aliphatic heterocycles. The van der Waals surface area contributed by atoms with Crippen molar-refractivity contribution in [1.82, 2.24) is 10.9 Å². The van der Waals surface area contributed by atoms with Gasteiger partial charge in [-0.15, -0.1) is 0 Å². The van der Waals surface area contributed by atoms with Gasteiger partial charge in [0.2, 0.25) is 5.91 Å². The maximum atomic E-state index is 13.5. The summed E-state index contributed by atoms with van der Waals surface area (Å²) in [7, 11) is -3.05. The van der Waals surface area contributed by atoms with E-state index in [2.05, 4.69) is 10.9 Å². The van der Waals surface area contributed by atoms with Crippen LogP contribution in [0.1, 0.15) is 23.2 Å². The van der Waals surface area contributed by atoms with E-state index in [0.29, 0.717) is 6.42 Å². The van der Waals surface area contributed by atoms with Crippen molar-refractivity contribution < 1.29 is 22.4 Å². The van der Waals surface area contributed by atoms with Crippen LogP contribution in [-0.2, 0) is 14.6 Å². The number of benzene rings is 1. The molecule has 0 saturated carbocycles. The van der Waals surface area contributed by atoms with Crippen molar-refractivity contribution in [2.75, 3.05) is 11.5 Å². The molecule has 1 heterocycles. The Morgan fingerprint density at radius 3 is 2.64 bits per heavy atom. The normalized spacial score (nSPS) is 19.6. The second-order valence-electron chi connectivity index (χ2n) is 5.10. The predicted octanol–water partition coefficient (Wildman–Crippen LogP) is 1.06. The van der Waals surface area contributed by atoms with E-state index in [9.17, 15) is 22.4 Å². The van der Waals surface area contributed by atoms with Crippen molar-refractivity contribution in [3.05, 3.63) is 34.6 Å². The zero-order chi connectivity index (χ0) is 16.3. The van der Waals surface area contributed by atoms with Gasteiger partial charge in [0.1, 0.15) is 5.82 Å². The number of sulfone groups is 1. The number of amides is 2. The highest BCUT2D eigenvalue weighted by molar-refractivity contribution is 7.91. The molecule has 0 radical (unpaired) electrons. The SMILES string of the molecule is O=C(C[C@@H]1CCS(=O)(=O)C1)NNC(=O)c1ccc(Cl)cc1F. The molecular formula is C13H14ClFN2O4S. The van der Waals surface area contributed by atoms with Crippen molar-refractivity contribution >= 4 is 33.3 Å². The molecule has 22 heavy (non-hydrogen) atoms. The van der Waals surface area contributed by atoms with Crippen molar-refractivity contribution in [1.29, 1.82) is 0 Å². The third kappa shape index (κ3) is 4.41. The first-order chi connectivity index (χ1) is 10.3. The first-order valence-electron chi connectivity index (χ1n) is 6.51. The zero-order valence-electron chi connectivity index (χ0n) is 11.4. The molecule has 0 unspecified atom stereocenters. The smallest absolute Gasteiger partial charge is 0.272 e. The van der Waals surface area contributed by atoms with Gasteiger partial charge < -0.3 is 0 Å². The lowest BCUT2D eigenvalue weighted by Gasteiger charge is -2.10. The van der Waals surface area contributed by atoms with Crippen LogP contribution in [0, 0.1) is 11.7 Å². The molecule has 1 fully saturated rings.